The molecule has 1 aromatic heterocycles. The first kappa shape index (κ1) is 23.6. The maximum atomic E-state index is 12.8. The van der Waals surface area contributed by atoms with Crippen LogP contribution in [0.5, 0.6) is 11.5 Å². The third kappa shape index (κ3) is 5.77. The Hall–Kier alpha value is -3.11. The third-order valence-electron chi connectivity index (χ3n) is 4.65. The first-order valence-electron chi connectivity index (χ1n) is 9.73. The van der Waals surface area contributed by atoms with Crippen LogP contribution < -0.4 is 14.2 Å². The van der Waals surface area contributed by atoms with E-state index in [-0.39, 0.29) is 10.9 Å². The monoisotopic (exact) mass is 476 g/mol. The van der Waals surface area contributed by atoms with Crippen molar-refractivity contribution in [1.82, 2.24) is 4.98 Å². The van der Waals surface area contributed by atoms with E-state index in [2.05, 4.69) is 14.4 Å². The van der Waals surface area contributed by atoms with E-state index in [0.29, 0.717) is 36.4 Å². The summed E-state index contributed by atoms with van der Waals surface area (Å²) < 4.78 is 43.2. The first-order valence-corrected chi connectivity index (χ1v) is 12.0. The van der Waals surface area contributed by atoms with Crippen molar-refractivity contribution >= 4 is 33.0 Å². The average Bonchev–Trinajstić information content (AvgIpc) is 3.28. The van der Waals surface area contributed by atoms with E-state index in [4.69, 9.17) is 9.47 Å². The van der Waals surface area contributed by atoms with E-state index >= 15 is 0 Å². The summed E-state index contributed by atoms with van der Waals surface area (Å²) in [4.78, 5) is 16.7. The number of aromatic nitrogens is 1. The number of aryl methyl sites for hydroxylation is 1. The van der Waals surface area contributed by atoms with Crippen LogP contribution in [-0.4, -0.2) is 40.7 Å². The lowest BCUT2D eigenvalue weighted by atomic mass is 10.2. The van der Waals surface area contributed by atoms with Crippen molar-refractivity contribution in [2.75, 3.05) is 26.1 Å². The summed E-state index contributed by atoms with van der Waals surface area (Å²) in [7, 11) is 0.544. The van der Waals surface area contributed by atoms with Gasteiger partial charge in [-0.15, -0.1) is 11.3 Å². The van der Waals surface area contributed by atoms with Gasteiger partial charge < -0.3 is 14.2 Å². The largest absolute Gasteiger partial charge is 0.497 e. The number of hydrogen-bond acceptors (Lipinski definition) is 8. The average molecular weight is 477 g/mol. The lowest BCUT2D eigenvalue weighted by Crippen LogP contribution is -2.13. The van der Waals surface area contributed by atoms with Crippen LogP contribution in [0.25, 0.3) is 10.4 Å². The predicted molar refractivity (Wildman–Crippen MR) is 123 cm³/mol. The van der Waals surface area contributed by atoms with Crippen molar-refractivity contribution in [3.05, 3.63) is 53.7 Å². The molecule has 0 atom stereocenters. The van der Waals surface area contributed by atoms with Crippen LogP contribution in [0.2, 0.25) is 0 Å². The van der Waals surface area contributed by atoms with Gasteiger partial charge >= 0.3 is 5.97 Å². The lowest BCUT2D eigenvalue weighted by Gasteiger charge is -2.13. The highest BCUT2D eigenvalue weighted by Crippen LogP contribution is 2.32. The number of nitrogens with zero attached hydrogens (tertiary/aromatic N) is 1. The van der Waals surface area contributed by atoms with Gasteiger partial charge in [-0.05, 0) is 42.7 Å². The van der Waals surface area contributed by atoms with Gasteiger partial charge in [0.1, 0.15) is 11.5 Å². The Labute approximate surface area is 191 Å². The van der Waals surface area contributed by atoms with Crippen molar-refractivity contribution in [3.63, 3.8) is 0 Å². The van der Waals surface area contributed by atoms with Gasteiger partial charge in [0.05, 0.1) is 41.8 Å². The molecule has 0 spiro atoms. The number of hydrogen-bond donors (Lipinski definition) is 1. The van der Waals surface area contributed by atoms with E-state index < -0.39 is 10.0 Å². The first-order chi connectivity index (χ1) is 15.4. The minimum absolute atomic E-state index is 0.127. The van der Waals surface area contributed by atoms with Gasteiger partial charge in [0, 0.05) is 18.7 Å². The molecule has 0 aliphatic heterocycles. The molecule has 0 saturated heterocycles. The molecule has 2 aromatic carbocycles. The molecule has 8 nitrogen and oxygen atoms in total. The number of methoxy groups -OCH3 is 3. The van der Waals surface area contributed by atoms with Gasteiger partial charge in [0.25, 0.3) is 10.0 Å². The number of thiazole rings is 1. The molecule has 0 aliphatic carbocycles. The van der Waals surface area contributed by atoms with Crippen LogP contribution >= 0.6 is 11.3 Å². The standard InChI is InChI=1S/C22H24N2O6S2/c1-28-16-9-12-18(19(13-16)29-2)24-32(26,27)17-10-7-15(8-11-17)20-14-23-21(31-20)5-4-6-22(25)30-3/h7-14,24H,4-6H2,1-3H3. The van der Waals surface area contributed by atoms with Gasteiger partial charge in [0.15, 0.2) is 0 Å². The van der Waals surface area contributed by atoms with E-state index in [1.807, 2.05) is 0 Å². The number of ether oxygens (including phenoxy) is 3. The summed E-state index contributed by atoms with van der Waals surface area (Å²) in [6.07, 6.45) is 3.45. The molecular weight excluding hydrogens is 452 g/mol. The maximum Gasteiger partial charge on any atom is 0.305 e. The fourth-order valence-electron chi connectivity index (χ4n) is 2.93. The molecule has 1 heterocycles. The minimum atomic E-state index is -3.81. The van der Waals surface area contributed by atoms with Crippen LogP contribution in [0.15, 0.2) is 53.6 Å². The third-order valence-corrected chi connectivity index (χ3v) is 7.14. The second kappa shape index (κ2) is 10.5. The van der Waals surface area contributed by atoms with Gasteiger partial charge in [-0.3, -0.25) is 9.52 Å². The Bertz CT molecular complexity index is 1170. The highest BCUT2D eigenvalue weighted by molar-refractivity contribution is 7.92. The maximum absolute atomic E-state index is 12.8. The van der Waals surface area contributed by atoms with E-state index in [1.54, 1.807) is 48.7 Å². The quantitative estimate of drug-likeness (QED) is 0.439. The van der Waals surface area contributed by atoms with E-state index in [1.165, 1.54) is 32.7 Å². The number of carbonyl (C=O) groups excluding carboxylic acids is 1. The van der Waals surface area contributed by atoms with Crippen molar-refractivity contribution in [2.45, 2.75) is 24.2 Å². The Morgan fingerprint density at radius 1 is 1.06 bits per heavy atom. The van der Waals surface area contributed by atoms with Crippen LogP contribution in [0.1, 0.15) is 17.8 Å². The zero-order chi connectivity index (χ0) is 23.1. The molecule has 170 valence electrons. The summed E-state index contributed by atoms with van der Waals surface area (Å²) in [5.41, 5.74) is 1.18. The summed E-state index contributed by atoms with van der Waals surface area (Å²) in [6.45, 7) is 0. The smallest absolute Gasteiger partial charge is 0.305 e. The van der Waals surface area contributed by atoms with Gasteiger partial charge in [-0.1, -0.05) is 12.1 Å². The van der Waals surface area contributed by atoms with Gasteiger partial charge in [-0.2, -0.15) is 0 Å². The van der Waals surface area contributed by atoms with Crippen molar-refractivity contribution in [1.29, 1.82) is 0 Å². The topological polar surface area (TPSA) is 104 Å². The second-order valence-electron chi connectivity index (χ2n) is 6.74. The number of anilines is 1. The normalized spacial score (nSPS) is 11.1. The molecular formula is C22H24N2O6S2. The molecule has 0 aliphatic rings. The number of rotatable bonds is 10. The Balaban J connectivity index is 1.71. The number of sulfonamides is 1. The second-order valence-corrected chi connectivity index (χ2v) is 9.54. The van der Waals surface area contributed by atoms with Gasteiger partial charge in [0.2, 0.25) is 0 Å². The molecule has 0 bridgehead atoms. The Morgan fingerprint density at radius 3 is 2.47 bits per heavy atom. The fourth-order valence-corrected chi connectivity index (χ4v) is 4.97. The van der Waals surface area contributed by atoms with Crippen LogP contribution in [0.4, 0.5) is 5.69 Å². The minimum Gasteiger partial charge on any atom is -0.497 e. The summed E-state index contributed by atoms with van der Waals surface area (Å²) in [5, 5.41) is 0.911. The van der Waals surface area contributed by atoms with Crippen molar-refractivity contribution in [2.24, 2.45) is 0 Å². The highest BCUT2D eigenvalue weighted by Gasteiger charge is 2.17. The predicted octanol–water partition coefficient (Wildman–Crippen LogP) is 4.12. The molecule has 32 heavy (non-hydrogen) atoms. The summed E-state index contributed by atoms with van der Waals surface area (Å²) in [5.74, 6) is 0.678. The van der Waals surface area contributed by atoms with Crippen molar-refractivity contribution < 1.29 is 27.4 Å². The fraction of sp³-hybridized carbons (Fsp3) is 0.273. The number of benzene rings is 2. The number of esters is 1. The molecule has 10 heteroatoms. The van der Waals surface area contributed by atoms with Crippen molar-refractivity contribution in [3.8, 4) is 21.9 Å². The van der Waals surface area contributed by atoms with Crippen LogP contribution in [0, 0.1) is 0 Å². The zero-order valence-corrected chi connectivity index (χ0v) is 19.6. The van der Waals surface area contributed by atoms with Crippen LogP contribution in [-0.2, 0) is 26.0 Å². The molecule has 3 rings (SSSR count). The Kier molecular flexibility index (Phi) is 7.70. The summed E-state index contributed by atoms with van der Waals surface area (Å²) in [6, 6.07) is 11.4. The van der Waals surface area contributed by atoms with E-state index in [0.717, 1.165) is 15.4 Å². The van der Waals surface area contributed by atoms with Crippen LogP contribution in [0.3, 0.4) is 0 Å². The summed E-state index contributed by atoms with van der Waals surface area (Å²) >= 11 is 1.51. The molecule has 0 fully saturated rings. The Morgan fingerprint density at radius 2 is 1.81 bits per heavy atom. The SMILES string of the molecule is COC(=O)CCCc1ncc(-c2ccc(S(=O)(=O)Nc3ccc(OC)cc3OC)cc2)s1. The van der Waals surface area contributed by atoms with Gasteiger partial charge in [-0.25, -0.2) is 13.4 Å². The molecule has 0 saturated carbocycles. The highest BCUT2D eigenvalue weighted by atomic mass is 32.2. The molecule has 3 aromatic rings. The van der Waals surface area contributed by atoms with E-state index in [9.17, 15) is 13.2 Å². The number of nitrogens with one attached hydrogen (secondary N) is 1. The molecule has 0 unspecified atom stereocenters. The number of carbonyl (C=O) groups is 1. The lowest BCUT2D eigenvalue weighted by molar-refractivity contribution is -0.140. The molecule has 0 amide bonds. The molecule has 0 radical (unpaired) electrons. The molecule has 1 N–H and O–H groups in total. The zero-order valence-electron chi connectivity index (χ0n) is 18.0.